The molecule has 1 aliphatic rings. The molecule has 0 aliphatic carbocycles. The number of alkyl halides is 3. The molecule has 23 heavy (non-hydrogen) atoms. The third-order valence-corrected chi connectivity index (χ3v) is 3.59. The zero-order chi connectivity index (χ0) is 16.4. The highest BCUT2D eigenvalue weighted by molar-refractivity contribution is 5.42. The molecule has 1 aliphatic heterocycles. The van der Waals surface area contributed by atoms with Gasteiger partial charge in [0.25, 0.3) is 0 Å². The molecule has 9 heteroatoms. The Labute approximate surface area is 129 Å². The number of nitrogens with zero attached hydrogens (tertiary/aromatic N) is 4. The van der Waals surface area contributed by atoms with Gasteiger partial charge in [0.2, 0.25) is 11.5 Å². The molecule has 0 radical (unpaired) electrons. The van der Waals surface area contributed by atoms with Crippen molar-refractivity contribution in [2.45, 2.75) is 6.18 Å². The van der Waals surface area contributed by atoms with E-state index < -0.39 is 11.9 Å². The van der Waals surface area contributed by atoms with Crippen molar-refractivity contribution in [1.29, 1.82) is 0 Å². The summed E-state index contributed by atoms with van der Waals surface area (Å²) in [7, 11) is 0. The Morgan fingerprint density at radius 2 is 1.74 bits per heavy atom. The summed E-state index contributed by atoms with van der Waals surface area (Å²) in [5.74, 6) is 0.767. The highest BCUT2D eigenvalue weighted by atomic mass is 19.4. The van der Waals surface area contributed by atoms with Gasteiger partial charge in [-0.2, -0.15) is 13.2 Å². The van der Waals surface area contributed by atoms with Gasteiger partial charge in [0.15, 0.2) is 0 Å². The number of aromatic nitrogens is 3. The second kappa shape index (κ2) is 5.90. The monoisotopic (exact) mass is 325 g/mol. The first-order valence-electron chi connectivity index (χ1n) is 7.03. The first-order valence-corrected chi connectivity index (χ1v) is 7.03. The van der Waals surface area contributed by atoms with Crippen LogP contribution in [0.4, 0.5) is 24.9 Å². The van der Waals surface area contributed by atoms with E-state index in [9.17, 15) is 18.0 Å². The van der Waals surface area contributed by atoms with Gasteiger partial charge >= 0.3 is 6.18 Å². The summed E-state index contributed by atoms with van der Waals surface area (Å²) < 4.78 is 38.1. The molecule has 3 heterocycles. The number of hydrogen-bond acceptors (Lipinski definition) is 5. The molecule has 0 saturated carbocycles. The molecule has 2 aromatic heterocycles. The van der Waals surface area contributed by atoms with Crippen LogP contribution < -0.4 is 15.4 Å². The van der Waals surface area contributed by atoms with Gasteiger partial charge < -0.3 is 14.8 Å². The third kappa shape index (κ3) is 3.43. The SMILES string of the molecule is O=c1cccc(N2CCN(c3nccc(C(F)(F)F)n3)CC2)[nH]1. The van der Waals surface area contributed by atoms with Crippen molar-refractivity contribution < 1.29 is 13.2 Å². The standard InChI is InChI=1S/C14H14F3N5O/c15-14(16,17)10-4-5-18-13(19-10)22-8-6-21(7-9-22)11-2-1-3-12(23)20-11/h1-5H,6-9H2,(H,20,23). The molecule has 2 aromatic rings. The molecule has 0 spiro atoms. The lowest BCUT2D eigenvalue weighted by Crippen LogP contribution is -2.47. The van der Waals surface area contributed by atoms with Crippen LogP contribution in [0, 0.1) is 0 Å². The molecular weight excluding hydrogens is 311 g/mol. The highest BCUT2D eigenvalue weighted by Crippen LogP contribution is 2.28. The van der Waals surface area contributed by atoms with Crippen LogP contribution in [0.5, 0.6) is 0 Å². The molecule has 0 amide bonds. The van der Waals surface area contributed by atoms with Crippen molar-refractivity contribution >= 4 is 11.8 Å². The minimum Gasteiger partial charge on any atom is -0.355 e. The van der Waals surface area contributed by atoms with Crippen LogP contribution in [0.1, 0.15) is 5.69 Å². The van der Waals surface area contributed by atoms with Crippen molar-refractivity contribution in [3.8, 4) is 0 Å². The number of rotatable bonds is 2. The van der Waals surface area contributed by atoms with E-state index in [0.29, 0.717) is 32.0 Å². The lowest BCUT2D eigenvalue weighted by atomic mass is 10.3. The van der Waals surface area contributed by atoms with Gasteiger partial charge in [0, 0.05) is 38.4 Å². The molecule has 122 valence electrons. The lowest BCUT2D eigenvalue weighted by molar-refractivity contribution is -0.141. The average Bonchev–Trinajstić information content (AvgIpc) is 2.54. The van der Waals surface area contributed by atoms with Crippen molar-refractivity contribution in [1.82, 2.24) is 15.0 Å². The first-order chi connectivity index (χ1) is 10.9. The van der Waals surface area contributed by atoms with E-state index in [1.165, 1.54) is 6.07 Å². The Morgan fingerprint density at radius 3 is 2.39 bits per heavy atom. The van der Waals surface area contributed by atoms with Gasteiger partial charge in [0.05, 0.1) is 0 Å². The van der Waals surface area contributed by atoms with Gasteiger partial charge in [-0.1, -0.05) is 6.07 Å². The molecule has 0 aromatic carbocycles. The number of piperazine rings is 1. The minimum absolute atomic E-state index is 0.0704. The molecule has 1 saturated heterocycles. The van der Waals surface area contributed by atoms with E-state index in [4.69, 9.17) is 0 Å². The van der Waals surface area contributed by atoms with Crippen molar-refractivity contribution in [3.05, 3.63) is 46.5 Å². The van der Waals surface area contributed by atoms with E-state index in [2.05, 4.69) is 15.0 Å². The highest BCUT2D eigenvalue weighted by Gasteiger charge is 2.33. The van der Waals surface area contributed by atoms with Crippen LogP contribution >= 0.6 is 0 Å². The predicted molar refractivity (Wildman–Crippen MR) is 78.5 cm³/mol. The number of nitrogens with one attached hydrogen (secondary N) is 1. The maximum Gasteiger partial charge on any atom is 0.433 e. The number of pyridine rings is 1. The maximum atomic E-state index is 12.7. The quantitative estimate of drug-likeness (QED) is 0.907. The molecule has 3 rings (SSSR count). The number of aromatic amines is 1. The van der Waals surface area contributed by atoms with Gasteiger partial charge in [-0.3, -0.25) is 4.79 Å². The van der Waals surface area contributed by atoms with Crippen LogP contribution in [0.3, 0.4) is 0 Å². The first kappa shape index (κ1) is 15.3. The van der Waals surface area contributed by atoms with Gasteiger partial charge in [-0.25, -0.2) is 9.97 Å². The lowest BCUT2D eigenvalue weighted by Gasteiger charge is -2.35. The van der Waals surface area contributed by atoms with E-state index in [1.807, 2.05) is 4.90 Å². The Balaban J connectivity index is 1.71. The number of anilines is 2. The van der Waals surface area contributed by atoms with E-state index in [-0.39, 0.29) is 11.5 Å². The van der Waals surface area contributed by atoms with Crippen molar-refractivity contribution in [2.75, 3.05) is 36.0 Å². The average molecular weight is 325 g/mol. The topological polar surface area (TPSA) is 65.1 Å². The van der Waals surface area contributed by atoms with Crippen LogP contribution in [0.15, 0.2) is 35.3 Å². The fourth-order valence-corrected chi connectivity index (χ4v) is 2.43. The molecule has 1 N–H and O–H groups in total. The summed E-state index contributed by atoms with van der Waals surface area (Å²) in [5, 5.41) is 0. The Hall–Kier alpha value is -2.58. The Bertz CT molecular complexity index is 737. The summed E-state index contributed by atoms with van der Waals surface area (Å²) >= 11 is 0. The minimum atomic E-state index is -4.48. The maximum absolute atomic E-state index is 12.7. The number of halogens is 3. The number of hydrogen-bond donors (Lipinski definition) is 1. The van der Waals surface area contributed by atoms with E-state index in [1.54, 1.807) is 17.0 Å². The molecule has 0 atom stereocenters. The van der Waals surface area contributed by atoms with Gasteiger partial charge in [-0.15, -0.1) is 0 Å². The van der Waals surface area contributed by atoms with Crippen LogP contribution in [0.2, 0.25) is 0 Å². The van der Waals surface area contributed by atoms with E-state index in [0.717, 1.165) is 12.3 Å². The summed E-state index contributed by atoms with van der Waals surface area (Å²) in [5.41, 5.74) is -1.14. The molecule has 1 fully saturated rings. The zero-order valence-electron chi connectivity index (χ0n) is 12.0. The number of H-pyrrole nitrogens is 1. The molecular formula is C14H14F3N5O. The fraction of sp³-hybridized carbons (Fsp3) is 0.357. The molecule has 6 nitrogen and oxygen atoms in total. The summed E-state index contributed by atoms with van der Waals surface area (Å²) in [4.78, 5) is 25.2. The van der Waals surface area contributed by atoms with Gasteiger partial charge in [-0.05, 0) is 12.1 Å². The smallest absolute Gasteiger partial charge is 0.355 e. The Morgan fingerprint density at radius 1 is 1.04 bits per heavy atom. The normalized spacial score (nSPS) is 15.8. The fourth-order valence-electron chi connectivity index (χ4n) is 2.43. The third-order valence-electron chi connectivity index (χ3n) is 3.59. The van der Waals surface area contributed by atoms with Gasteiger partial charge in [0.1, 0.15) is 11.5 Å². The molecule has 0 bridgehead atoms. The van der Waals surface area contributed by atoms with Crippen LogP contribution in [-0.4, -0.2) is 41.1 Å². The van der Waals surface area contributed by atoms with Crippen LogP contribution in [-0.2, 0) is 6.18 Å². The Kier molecular flexibility index (Phi) is 3.93. The summed E-state index contributed by atoms with van der Waals surface area (Å²) in [6.07, 6.45) is -3.37. The van der Waals surface area contributed by atoms with E-state index >= 15 is 0 Å². The van der Waals surface area contributed by atoms with Crippen molar-refractivity contribution in [2.24, 2.45) is 0 Å². The largest absolute Gasteiger partial charge is 0.433 e. The zero-order valence-corrected chi connectivity index (χ0v) is 12.0. The summed E-state index contributed by atoms with van der Waals surface area (Å²) in [6, 6.07) is 5.74. The van der Waals surface area contributed by atoms with Crippen molar-refractivity contribution in [3.63, 3.8) is 0 Å². The predicted octanol–water partition coefficient (Wildman–Crippen LogP) is 1.51. The summed E-state index contributed by atoms with van der Waals surface area (Å²) in [6.45, 7) is 2.05. The van der Waals surface area contributed by atoms with Crippen LogP contribution in [0.25, 0.3) is 0 Å². The molecule has 0 unspecified atom stereocenters. The second-order valence-corrected chi connectivity index (χ2v) is 5.11. The second-order valence-electron chi connectivity index (χ2n) is 5.11.